The fraction of sp³-hybridized carbons (Fsp3) is 0.238. The number of ether oxygens (including phenoxy) is 2. The molecule has 0 saturated heterocycles. The van der Waals surface area contributed by atoms with Crippen LogP contribution in [-0.2, 0) is 4.74 Å². The Morgan fingerprint density at radius 2 is 1.96 bits per heavy atom. The van der Waals surface area contributed by atoms with Crippen molar-refractivity contribution in [1.82, 2.24) is 4.98 Å². The predicted octanol–water partition coefficient (Wildman–Crippen LogP) is 5.52. The van der Waals surface area contributed by atoms with Crippen molar-refractivity contribution in [2.75, 3.05) is 18.5 Å². The van der Waals surface area contributed by atoms with Crippen LogP contribution < -0.4 is 10.1 Å². The van der Waals surface area contributed by atoms with Gasteiger partial charge in [0.25, 0.3) is 0 Å². The van der Waals surface area contributed by atoms with Crippen molar-refractivity contribution in [3.05, 3.63) is 58.7 Å². The highest BCUT2D eigenvalue weighted by molar-refractivity contribution is 6.31. The van der Waals surface area contributed by atoms with Gasteiger partial charge in [-0.05, 0) is 56.7 Å². The maximum Gasteiger partial charge on any atom is 0.341 e. The Kier molecular flexibility index (Phi) is 5.81. The van der Waals surface area contributed by atoms with Gasteiger partial charge >= 0.3 is 5.97 Å². The smallest absolute Gasteiger partial charge is 0.341 e. The molecule has 0 bridgehead atoms. The van der Waals surface area contributed by atoms with Crippen molar-refractivity contribution in [3.63, 3.8) is 0 Å². The van der Waals surface area contributed by atoms with Crippen molar-refractivity contribution >= 4 is 39.8 Å². The van der Waals surface area contributed by atoms with Crippen LogP contribution in [0.4, 0.5) is 11.4 Å². The fourth-order valence-corrected chi connectivity index (χ4v) is 2.92. The van der Waals surface area contributed by atoms with Gasteiger partial charge in [-0.3, -0.25) is 4.98 Å². The third kappa shape index (κ3) is 4.14. The van der Waals surface area contributed by atoms with E-state index in [-0.39, 0.29) is 6.61 Å². The number of halogens is 1. The second-order valence-corrected chi connectivity index (χ2v) is 6.38. The summed E-state index contributed by atoms with van der Waals surface area (Å²) in [6, 6.07) is 11.2. The SMILES string of the molecule is CCOC(=O)c1cnc2ccc(OCC)cc2c1Nc1ccc(C)c(Cl)c1. The third-order valence-corrected chi connectivity index (χ3v) is 4.49. The van der Waals surface area contributed by atoms with E-state index in [0.29, 0.717) is 28.6 Å². The maximum absolute atomic E-state index is 12.5. The molecule has 3 aromatic rings. The van der Waals surface area contributed by atoms with Gasteiger partial charge in [0.05, 0.1) is 24.4 Å². The second kappa shape index (κ2) is 8.27. The van der Waals surface area contributed by atoms with E-state index in [1.54, 1.807) is 6.92 Å². The van der Waals surface area contributed by atoms with Gasteiger partial charge in [0.1, 0.15) is 11.3 Å². The monoisotopic (exact) mass is 384 g/mol. The Hall–Kier alpha value is -2.79. The number of pyridine rings is 1. The maximum atomic E-state index is 12.5. The molecule has 0 radical (unpaired) electrons. The van der Waals surface area contributed by atoms with Crippen LogP contribution in [0, 0.1) is 6.92 Å². The molecule has 1 heterocycles. The van der Waals surface area contributed by atoms with Crippen molar-refractivity contribution in [3.8, 4) is 5.75 Å². The number of fused-ring (bicyclic) bond motifs is 1. The molecule has 2 aromatic carbocycles. The summed E-state index contributed by atoms with van der Waals surface area (Å²) in [6.07, 6.45) is 1.53. The summed E-state index contributed by atoms with van der Waals surface area (Å²) in [6.45, 7) is 6.46. The van der Waals surface area contributed by atoms with Crippen molar-refractivity contribution in [1.29, 1.82) is 0 Å². The molecule has 0 aliphatic heterocycles. The van der Waals surface area contributed by atoms with Crippen LogP contribution in [-0.4, -0.2) is 24.2 Å². The lowest BCUT2D eigenvalue weighted by molar-refractivity contribution is 0.0527. The summed E-state index contributed by atoms with van der Waals surface area (Å²) in [7, 11) is 0. The summed E-state index contributed by atoms with van der Waals surface area (Å²) in [5, 5.41) is 4.72. The molecular formula is C21H21ClN2O3. The van der Waals surface area contributed by atoms with E-state index in [1.165, 1.54) is 6.20 Å². The number of nitrogens with zero attached hydrogens (tertiary/aromatic N) is 1. The zero-order chi connectivity index (χ0) is 19.4. The molecule has 27 heavy (non-hydrogen) atoms. The number of aromatic nitrogens is 1. The molecule has 0 fully saturated rings. The van der Waals surface area contributed by atoms with E-state index >= 15 is 0 Å². The first-order chi connectivity index (χ1) is 13.0. The van der Waals surface area contributed by atoms with Crippen LogP contribution >= 0.6 is 11.6 Å². The van der Waals surface area contributed by atoms with E-state index in [2.05, 4.69) is 10.3 Å². The second-order valence-electron chi connectivity index (χ2n) is 5.97. The average molecular weight is 385 g/mol. The molecule has 3 rings (SSSR count). The van der Waals surface area contributed by atoms with Crippen molar-refractivity contribution in [2.24, 2.45) is 0 Å². The first-order valence-corrected chi connectivity index (χ1v) is 9.17. The number of hydrogen-bond donors (Lipinski definition) is 1. The van der Waals surface area contributed by atoms with Gasteiger partial charge < -0.3 is 14.8 Å². The lowest BCUT2D eigenvalue weighted by atomic mass is 10.1. The van der Waals surface area contributed by atoms with E-state index in [9.17, 15) is 4.79 Å². The molecule has 0 atom stereocenters. The Labute approximate surface area is 163 Å². The molecule has 0 aliphatic rings. The number of esters is 1. The fourth-order valence-electron chi connectivity index (χ4n) is 2.74. The Bertz CT molecular complexity index is 989. The first-order valence-electron chi connectivity index (χ1n) is 8.79. The highest BCUT2D eigenvalue weighted by atomic mass is 35.5. The van der Waals surface area contributed by atoms with Gasteiger partial charge in [0, 0.05) is 22.3 Å². The molecule has 6 heteroatoms. The number of benzene rings is 2. The highest BCUT2D eigenvalue weighted by Gasteiger charge is 2.18. The Morgan fingerprint density at radius 1 is 1.15 bits per heavy atom. The van der Waals surface area contributed by atoms with Gasteiger partial charge in [-0.1, -0.05) is 17.7 Å². The molecular weight excluding hydrogens is 364 g/mol. The summed E-state index contributed by atoms with van der Waals surface area (Å²) in [4.78, 5) is 16.9. The van der Waals surface area contributed by atoms with E-state index < -0.39 is 5.97 Å². The lowest BCUT2D eigenvalue weighted by Gasteiger charge is -2.15. The van der Waals surface area contributed by atoms with Crippen LogP contribution in [0.2, 0.25) is 5.02 Å². The summed E-state index contributed by atoms with van der Waals surface area (Å²) >= 11 is 6.25. The van der Waals surface area contributed by atoms with Crippen LogP contribution in [0.25, 0.3) is 10.9 Å². The molecule has 0 saturated carbocycles. The molecule has 0 amide bonds. The number of aryl methyl sites for hydroxylation is 1. The number of nitrogens with one attached hydrogen (secondary N) is 1. The minimum Gasteiger partial charge on any atom is -0.494 e. The van der Waals surface area contributed by atoms with E-state index in [1.807, 2.05) is 50.2 Å². The average Bonchev–Trinajstić information content (AvgIpc) is 2.65. The highest BCUT2D eigenvalue weighted by Crippen LogP contribution is 2.33. The zero-order valence-electron chi connectivity index (χ0n) is 15.5. The Balaban J connectivity index is 2.16. The van der Waals surface area contributed by atoms with Crippen molar-refractivity contribution < 1.29 is 14.3 Å². The van der Waals surface area contributed by atoms with Gasteiger partial charge in [0.2, 0.25) is 0 Å². The number of hydrogen-bond acceptors (Lipinski definition) is 5. The number of rotatable bonds is 6. The van der Waals surface area contributed by atoms with Gasteiger partial charge in [0.15, 0.2) is 0 Å². The quantitative estimate of drug-likeness (QED) is 0.567. The number of carbonyl (C=O) groups excluding carboxylic acids is 1. The van der Waals surface area contributed by atoms with Gasteiger partial charge in [-0.25, -0.2) is 4.79 Å². The predicted molar refractivity (Wildman–Crippen MR) is 108 cm³/mol. The topological polar surface area (TPSA) is 60.5 Å². The summed E-state index contributed by atoms with van der Waals surface area (Å²) < 4.78 is 10.8. The van der Waals surface area contributed by atoms with Gasteiger partial charge in [-0.15, -0.1) is 0 Å². The molecule has 0 aliphatic carbocycles. The van der Waals surface area contributed by atoms with Crippen LogP contribution in [0.3, 0.4) is 0 Å². The standard InChI is InChI=1S/C21H21ClN2O3/c1-4-26-15-8-9-19-16(11-15)20(17(12-23-19)21(25)27-5-2)24-14-7-6-13(3)18(22)10-14/h6-12H,4-5H2,1-3H3,(H,23,24). The summed E-state index contributed by atoms with van der Waals surface area (Å²) in [5.74, 6) is 0.271. The largest absolute Gasteiger partial charge is 0.494 e. The minimum atomic E-state index is -0.436. The van der Waals surface area contributed by atoms with E-state index in [0.717, 1.165) is 22.2 Å². The molecule has 140 valence electrons. The van der Waals surface area contributed by atoms with Gasteiger partial charge in [-0.2, -0.15) is 0 Å². The van der Waals surface area contributed by atoms with Crippen LogP contribution in [0.1, 0.15) is 29.8 Å². The van der Waals surface area contributed by atoms with Crippen LogP contribution in [0.15, 0.2) is 42.6 Å². The summed E-state index contributed by atoms with van der Waals surface area (Å²) in [5.41, 5.74) is 3.46. The molecule has 1 aromatic heterocycles. The number of carbonyl (C=O) groups is 1. The van der Waals surface area contributed by atoms with Crippen molar-refractivity contribution in [2.45, 2.75) is 20.8 Å². The van der Waals surface area contributed by atoms with Crippen LogP contribution in [0.5, 0.6) is 5.75 Å². The molecule has 0 unspecified atom stereocenters. The van der Waals surface area contributed by atoms with E-state index in [4.69, 9.17) is 21.1 Å². The third-order valence-electron chi connectivity index (χ3n) is 4.09. The lowest BCUT2D eigenvalue weighted by Crippen LogP contribution is -2.09. The minimum absolute atomic E-state index is 0.283. The molecule has 5 nitrogen and oxygen atoms in total. The zero-order valence-corrected chi connectivity index (χ0v) is 16.3. The molecule has 0 spiro atoms. The normalized spacial score (nSPS) is 10.7. The Morgan fingerprint density at radius 3 is 2.67 bits per heavy atom. The molecule has 1 N–H and O–H groups in total. The number of anilines is 2. The first kappa shape index (κ1) is 19.0.